The van der Waals surface area contributed by atoms with Crippen molar-refractivity contribution in [1.82, 2.24) is 0 Å². The molecule has 1 heterocycles. The van der Waals surface area contributed by atoms with Gasteiger partial charge in [-0.25, -0.2) is 8.57 Å². The molecule has 0 aliphatic carbocycles. The third-order valence-electron chi connectivity index (χ3n) is 2.61. The van der Waals surface area contributed by atoms with Crippen LogP contribution in [0.15, 0.2) is 28.6 Å². The Bertz CT molecular complexity index is 449. The first-order valence-electron chi connectivity index (χ1n) is 5.21. The highest BCUT2D eigenvalue weighted by Gasteiger charge is 2.15. The molecule has 1 aliphatic rings. The molecule has 0 saturated carbocycles. The summed E-state index contributed by atoms with van der Waals surface area (Å²) in [6.07, 6.45) is 2.11. The van der Waals surface area contributed by atoms with Crippen LogP contribution in [-0.4, -0.2) is 15.7 Å². The molecule has 0 radical (unpaired) electrons. The van der Waals surface area contributed by atoms with Crippen LogP contribution in [0, 0.1) is 0 Å². The van der Waals surface area contributed by atoms with Crippen molar-refractivity contribution >= 4 is 15.4 Å². The third kappa shape index (κ3) is 2.72. The Balaban J connectivity index is 2.13. The topological polar surface area (TPSA) is 55.4 Å². The van der Waals surface area contributed by atoms with E-state index in [-0.39, 0.29) is 0 Å². The molecule has 15 heavy (non-hydrogen) atoms. The lowest BCUT2D eigenvalue weighted by atomic mass is 10.2. The summed E-state index contributed by atoms with van der Waals surface area (Å²) in [6, 6.07) is 7.61. The van der Waals surface area contributed by atoms with Gasteiger partial charge in [0.2, 0.25) is 0 Å². The van der Waals surface area contributed by atoms with Gasteiger partial charge in [-0.1, -0.05) is 12.1 Å². The molecular weight excluding hydrogens is 208 g/mol. The monoisotopic (exact) mass is 224 g/mol. The summed E-state index contributed by atoms with van der Waals surface area (Å²) < 4.78 is 16.4. The molecule has 0 spiro atoms. The first-order chi connectivity index (χ1) is 7.18. The molecule has 1 fully saturated rings. The number of hydrogen-bond donors (Lipinski definition) is 1. The summed E-state index contributed by atoms with van der Waals surface area (Å²) in [5, 5.41) is 0. The van der Waals surface area contributed by atoms with Gasteiger partial charge in [-0.15, -0.1) is 0 Å². The fourth-order valence-corrected chi connectivity index (χ4v) is 3.93. The zero-order valence-electron chi connectivity index (χ0n) is 8.69. The Morgan fingerprint density at radius 2 is 2.07 bits per heavy atom. The molecule has 4 heteroatoms. The maximum atomic E-state index is 12.0. The average Bonchev–Trinajstić information content (AvgIpc) is 2.63. The third-order valence-corrected chi connectivity index (χ3v) is 5.06. The first-order valence-corrected chi connectivity index (χ1v) is 7.06. The van der Waals surface area contributed by atoms with Crippen LogP contribution in [0.5, 0.6) is 0 Å². The summed E-state index contributed by atoms with van der Waals surface area (Å²) in [7, 11) is -1.88. The lowest BCUT2D eigenvalue weighted by Crippen LogP contribution is -2.01. The lowest BCUT2D eigenvalue weighted by Gasteiger charge is -2.01. The molecule has 0 aromatic heterocycles. The van der Waals surface area contributed by atoms with Crippen molar-refractivity contribution in [2.45, 2.75) is 19.4 Å². The molecule has 1 aromatic carbocycles. The van der Waals surface area contributed by atoms with Crippen molar-refractivity contribution in [2.75, 3.05) is 17.2 Å². The van der Waals surface area contributed by atoms with E-state index < -0.39 is 9.73 Å². The molecule has 1 saturated heterocycles. The molecule has 0 amide bonds. The maximum Gasteiger partial charge on any atom is 0.0735 e. The van der Waals surface area contributed by atoms with E-state index in [1.165, 1.54) is 0 Å². The predicted molar refractivity (Wildman–Crippen MR) is 64.1 cm³/mol. The summed E-state index contributed by atoms with van der Waals surface area (Å²) >= 11 is 0. The quantitative estimate of drug-likeness (QED) is 0.781. The van der Waals surface area contributed by atoms with Crippen molar-refractivity contribution in [1.29, 1.82) is 0 Å². The summed E-state index contributed by atoms with van der Waals surface area (Å²) in [5.41, 5.74) is 7.45. The Hall–Kier alpha value is -1.03. The van der Waals surface area contributed by atoms with Gasteiger partial charge >= 0.3 is 0 Å². The second kappa shape index (κ2) is 4.23. The van der Waals surface area contributed by atoms with Crippen LogP contribution in [0.3, 0.4) is 0 Å². The molecule has 2 N–H and O–H groups in total. The van der Waals surface area contributed by atoms with Crippen molar-refractivity contribution in [3.63, 3.8) is 0 Å². The Morgan fingerprint density at radius 1 is 1.33 bits per heavy atom. The van der Waals surface area contributed by atoms with E-state index in [9.17, 15) is 4.21 Å². The second-order valence-corrected chi connectivity index (χ2v) is 6.54. The van der Waals surface area contributed by atoms with E-state index in [4.69, 9.17) is 5.73 Å². The summed E-state index contributed by atoms with van der Waals surface area (Å²) in [4.78, 5) is 0. The highest BCUT2D eigenvalue weighted by atomic mass is 32.2. The van der Waals surface area contributed by atoms with Crippen LogP contribution in [-0.2, 0) is 16.3 Å². The highest BCUT2D eigenvalue weighted by Crippen LogP contribution is 2.15. The molecule has 0 atom stereocenters. The number of nitrogens with zero attached hydrogens (tertiary/aromatic N) is 1. The second-order valence-electron chi connectivity index (χ2n) is 3.92. The minimum Gasteiger partial charge on any atom is -0.399 e. The van der Waals surface area contributed by atoms with Crippen LogP contribution in [0.2, 0.25) is 0 Å². The van der Waals surface area contributed by atoms with Gasteiger partial charge in [-0.05, 0) is 30.5 Å². The van der Waals surface area contributed by atoms with Gasteiger partial charge in [0.05, 0.1) is 6.54 Å². The van der Waals surface area contributed by atoms with Crippen molar-refractivity contribution in [3.05, 3.63) is 29.8 Å². The Morgan fingerprint density at radius 3 is 2.73 bits per heavy atom. The standard InChI is InChI=1S/C11H16N2OS/c12-11-5-3-4-10(8-11)9-13-15(14)6-1-2-7-15/h3-5,8H,1-2,6-7,9,12H2. The van der Waals surface area contributed by atoms with Crippen molar-refractivity contribution in [2.24, 2.45) is 4.36 Å². The number of nitrogens with two attached hydrogens (primary N) is 1. The van der Waals surface area contributed by atoms with E-state index in [2.05, 4.69) is 4.36 Å². The zero-order chi connectivity index (χ0) is 10.7. The van der Waals surface area contributed by atoms with Crippen LogP contribution in [0.1, 0.15) is 18.4 Å². The smallest absolute Gasteiger partial charge is 0.0735 e. The van der Waals surface area contributed by atoms with E-state index >= 15 is 0 Å². The van der Waals surface area contributed by atoms with Crippen LogP contribution < -0.4 is 5.73 Å². The lowest BCUT2D eigenvalue weighted by molar-refractivity contribution is 0.678. The summed E-state index contributed by atoms with van der Waals surface area (Å²) in [5.74, 6) is 1.55. The van der Waals surface area contributed by atoms with E-state index in [0.717, 1.165) is 35.6 Å². The van der Waals surface area contributed by atoms with E-state index in [1.807, 2.05) is 24.3 Å². The van der Waals surface area contributed by atoms with Gasteiger partial charge in [0, 0.05) is 26.9 Å². The van der Waals surface area contributed by atoms with Gasteiger partial charge in [0.1, 0.15) is 0 Å². The molecule has 3 nitrogen and oxygen atoms in total. The minimum atomic E-state index is -1.88. The van der Waals surface area contributed by atoms with E-state index in [0.29, 0.717) is 6.54 Å². The van der Waals surface area contributed by atoms with Gasteiger partial charge in [-0.3, -0.25) is 0 Å². The van der Waals surface area contributed by atoms with Crippen LogP contribution in [0.25, 0.3) is 0 Å². The fourth-order valence-electron chi connectivity index (χ4n) is 1.77. The fraction of sp³-hybridized carbons (Fsp3) is 0.455. The van der Waals surface area contributed by atoms with Gasteiger partial charge in [0.15, 0.2) is 0 Å². The normalized spacial score (nSPS) is 18.9. The largest absolute Gasteiger partial charge is 0.399 e. The number of anilines is 1. The van der Waals surface area contributed by atoms with Crippen molar-refractivity contribution < 1.29 is 4.21 Å². The minimum absolute atomic E-state index is 0.532. The predicted octanol–water partition coefficient (Wildman–Crippen LogP) is 2.03. The van der Waals surface area contributed by atoms with Gasteiger partial charge in [0.25, 0.3) is 0 Å². The number of benzene rings is 1. The molecule has 0 unspecified atom stereocenters. The Labute approximate surface area is 90.9 Å². The van der Waals surface area contributed by atoms with Gasteiger partial charge in [-0.2, -0.15) is 0 Å². The molecule has 2 rings (SSSR count). The highest BCUT2D eigenvalue weighted by molar-refractivity contribution is 7.93. The van der Waals surface area contributed by atoms with E-state index in [1.54, 1.807) is 0 Å². The molecule has 0 bridgehead atoms. The number of nitrogen functional groups attached to an aromatic ring is 1. The molecule has 82 valence electrons. The van der Waals surface area contributed by atoms with Crippen LogP contribution in [0.4, 0.5) is 5.69 Å². The SMILES string of the molecule is Nc1cccc(CN=S2(=O)CCCC2)c1. The molecule has 1 aromatic rings. The first kappa shape index (κ1) is 10.5. The van der Waals surface area contributed by atoms with Crippen molar-refractivity contribution in [3.8, 4) is 0 Å². The van der Waals surface area contributed by atoms with Crippen LogP contribution >= 0.6 is 0 Å². The zero-order valence-corrected chi connectivity index (χ0v) is 9.50. The average molecular weight is 224 g/mol. The number of rotatable bonds is 2. The summed E-state index contributed by atoms with van der Waals surface area (Å²) in [6.45, 7) is 0.532. The number of hydrogen-bond acceptors (Lipinski definition) is 3. The molecule has 1 aliphatic heterocycles. The maximum absolute atomic E-state index is 12.0. The van der Waals surface area contributed by atoms with Gasteiger partial charge < -0.3 is 5.73 Å². The molecular formula is C11H16N2OS. The Kier molecular flexibility index (Phi) is 2.95.